The van der Waals surface area contributed by atoms with Gasteiger partial charge in [0.25, 0.3) is 0 Å². The van der Waals surface area contributed by atoms with Gasteiger partial charge in [0.05, 0.1) is 0 Å². The first-order chi connectivity index (χ1) is 8.17. The number of rotatable bonds is 8. The van der Waals surface area contributed by atoms with Crippen LogP contribution in [0.2, 0.25) is 0 Å². The number of hydrogen-bond acceptors (Lipinski definition) is 3. The number of aliphatic carboxylic acids is 1. The van der Waals surface area contributed by atoms with E-state index in [0.717, 1.165) is 12.4 Å². The van der Waals surface area contributed by atoms with E-state index in [4.69, 9.17) is 5.11 Å². The zero-order chi connectivity index (χ0) is 12.7. The summed E-state index contributed by atoms with van der Waals surface area (Å²) < 4.78 is 1.97. The maximum Gasteiger partial charge on any atom is 0.303 e. The van der Waals surface area contributed by atoms with E-state index in [2.05, 4.69) is 10.3 Å². The highest BCUT2D eigenvalue weighted by Gasteiger charge is 2.13. The molecule has 6 nitrogen and oxygen atoms in total. The Hall–Kier alpha value is -1.85. The van der Waals surface area contributed by atoms with Crippen molar-refractivity contribution in [3.8, 4) is 0 Å². The van der Waals surface area contributed by atoms with Crippen LogP contribution >= 0.6 is 0 Å². The van der Waals surface area contributed by atoms with Crippen LogP contribution in [0.3, 0.4) is 0 Å². The van der Waals surface area contributed by atoms with Crippen LogP contribution < -0.4 is 5.32 Å². The van der Waals surface area contributed by atoms with Crippen molar-refractivity contribution < 1.29 is 14.7 Å². The molecule has 0 fully saturated rings. The van der Waals surface area contributed by atoms with Gasteiger partial charge in [0.2, 0.25) is 6.41 Å². The Morgan fingerprint density at radius 3 is 3.06 bits per heavy atom. The molecule has 0 aliphatic heterocycles. The second kappa shape index (κ2) is 6.67. The standard InChI is InChI=1S/C11H17N3O3/c1-2-14-6-5-12-10(14)7-9(13-8-15)3-4-11(16)17/h5-6,8-9H,2-4,7H2,1H3,(H,13,15)(H,16,17). The number of aromatic nitrogens is 2. The van der Waals surface area contributed by atoms with E-state index in [9.17, 15) is 9.59 Å². The van der Waals surface area contributed by atoms with Crippen LogP contribution in [-0.4, -0.2) is 33.1 Å². The normalized spacial score (nSPS) is 12.1. The summed E-state index contributed by atoms with van der Waals surface area (Å²) in [6, 6.07) is -0.184. The topological polar surface area (TPSA) is 84.2 Å². The molecule has 1 aromatic rings. The monoisotopic (exact) mass is 239 g/mol. The SMILES string of the molecule is CCn1ccnc1CC(CCC(=O)O)NC=O. The molecule has 17 heavy (non-hydrogen) atoms. The minimum absolute atomic E-state index is 0.0400. The third kappa shape index (κ3) is 4.26. The largest absolute Gasteiger partial charge is 0.481 e. The molecule has 0 bridgehead atoms. The van der Waals surface area contributed by atoms with Gasteiger partial charge in [-0.3, -0.25) is 9.59 Å². The van der Waals surface area contributed by atoms with Gasteiger partial charge in [-0.2, -0.15) is 0 Å². The van der Waals surface area contributed by atoms with E-state index >= 15 is 0 Å². The second-order valence-electron chi connectivity index (χ2n) is 3.75. The van der Waals surface area contributed by atoms with Gasteiger partial charge in [-0.15, -0.1) is 0 Å². The molecule has 0 saturated carbocycles. The summed E-state index contributed by atoms with van der Waals surface area (Å²) in [7, 11) is 0. The van der Waals surface area contributed by atoms with E-state index in [0.29, 0.717) is 19.3 Å². The number of carboxylic acid groups (broad SMARTS) is 1. The zero-order valence-electron chi connectivity index (χ0n) is 9.80. The first-order valence-electron chi connectivity index (χ1n) is 5.58. The van der Waals surface area contributed by atoms with Gasteiger partial charge < -0.3 is 15.0 Å². The minimum Gasteiger partial charge on any atom is -0.481 e. The van der Waals surface area contributed by atoms with Gasteiger partial charge in [-0.05, 0) is 13.3 Å². The lowest BCUT2D eigenvalue weighted by Gasteiger charge is -2.15. The summed E-state index contributed by atoms with van der Waals surface area (Å²) in [5, 5.41) is 11.3. The Kier molecular flexibility index (Phi) is 5.19. The van der Waals surface area contributed by atoms with Crippen molar-refractivity contribution in [3.05, 3.63) is 18.2 Å². The van der Waals surface area contributed by atoms with Crippen molar-refractivity contribution in [3.63, 3.8) is 0 Å². The fourth-order valence-electron chi connectivity index (χ4n) is 1.68. The quantitative estimate of drug-likeness (QED) is 0.644. The summed E-state index contributed by atoms with van der Waals surface area (Å²) in [6.45, 7) is 2.81. The molecule has 6 heteroatoms. The molecule has 1 heterocycles. The Labute approximate surface area is 99.7 Å². The van der Waals surface area contributed by atoms with Crippen LogP contribution in [0, 0.1) is 0 Å². The van der Waals surface area contributed by atoms with Gasteiger partial charge in [0.1, 0.15) is 5.82 Å². The fourth-order valence-corrected chi connectivity index (χ4v) is 1.68. The molecule has 1 amide bonds. The Morgan fingerprint density at radius 2 is 2.47 bits per heavy atom. The van der Waals surface area contributed by atoms with Gasteiger partial charge >= 0.3 is 5.97 Å². The van der Waals surface area contributed by atoms with Crippen molar-refractivity contribution in [1.82, 2.24) is 14.9 Å². The maximum atomic E-state index is 10.5. The van der Waals surface area contributed by atoms with Crippen molar-refractivity contribution in [1.29, 1.82) is 0 Å². The maximum absolute atomic E-state index is 10.5. The molecule has 0 spiro atoms. The number of nitrogens with zero attached hydrogens (tertiary/aromatic N) is 2. The van der Waals surface area contributed by atoms with Crippen LogP contribution in [0.1, 0.15) is 25.6 Å². The first-order valence-corrected chi connectivity index (χ1v) is 5.58. The van der Waals surface area contributed by atoms with E-state index < -0.39 is 5.97 Å². The molecule has 0 aliphatic carbocycles. The van der Waals surface area contributed by atoms with Crippen molar-refractivity contribution in [2.75, 3.05) is 0 Å². The van der Waals surface area contributed by atoms with Crippen molar-refractivity contribution >= 4 is 12.4 Å². The average molecular weight is 239 g/mol. The van der Waals surface area contributed by atoms with Crippen LogP contribution in [0.25, 0.3) is 0 Å². The highest BCUT2D eigenvalue weighted by Crippen LogP contribution is 2.06. The van der Waals surface area contributed by atoms with Gasteiger partial charge in [0, 0.05) is 37.8 Å². The lowest BCUT2D eigenvalue weighted by Crippen LogP contribution is -2.31. The van der Waals surface area contributed by atoms with Gasteiger partial charge in [-0.25, -0.2) is 4.98 Å². The van der Waals surface area contributed by atoms with Crippen LogP contribution in [0.4, 0.5) is 0 Å². The summed E-state index contributed by atoms with van der Waals surface area (Å²) in [5.41, 5.74) is 0. The molecule has 2 N–H and O–H groups in total. The molecule has 94 valence electrons. The number of hydrogen-bond donors (Lipinski definition) is 2. The number of imidazole rings is 1. The molecular formula is C11H17N3O3. The molecule has 1 atom stereocenters. The Balaban J connectivity index is 2.59. The van der Waals surface area contributed by atoms with Crippen LogP contribution in [0.15, 0.2) is 12.4 Å². The van der Waals surface area contributed by atoms with E-state index in [-0.39, 0.29) is 12.5 Å². The molecule has 0 saturated heterocycles. The summed E-state index contributed by atoms with van der Waals surface area (Å²) in [4.78, 5) is 25.1. The van der Waals surface area contributed by atoms with Crippen LogP contribution in [-0.2, 0) is 22.6 Å². The lowest BCUT2D eigenvalue weighted by molar-refractivity contribution is -0.137. The van der Waals surface area contributed by atoms with Crippen molar-refractivity contribution in [2.45, 2.75) is 38.8 Å². The van der Waals surface area contributed by atoms with Gasteiger partial charge in [-0.1, -0.05) is 0 Å². The molecule has 1 unspecified atom stereocenters. The Bertz CT molecular complexity index is 376. The molecule has 0 radical (unpaired) electrons. The number of carbonyl (C=O) groups is 2. The number of amides is 1. The predicted octanol–water partition coefficient (Wildman–Crippen LogP) is 0.425. The first kappa shape index (κ1) is 13.2. The highest BCUT2D eigenvalue weighted by molar-refractivity contribution is 5.66. The molecule has 0 aliphatic rings. The summed E-state index contributed by atoms with van der Waals surface area (Å²) in [6.07, 6.45) is 5.17. The van der Waals surface area contributed by atoms with Gasteiger partial charge in [0.15, 0.2) is 0 Å². The molecule has 1 rings (SSSR count). The zero-order valence-corrected chi connectivity index (χ0v) is 9.80. The molecular weight excluding hydrogens is 222 g/mol. The molecule has 0 aromatic carbocycles. The highest BCUT2D eigenvalue weighted by atomic mass is 16.4. The second-order valence-corrected chi connectivity index (χ2v) is 3.75. The number of aryl methyl sites for hydroxylation is 1. The average Bonchev–Trinajstić information content (AvgIpc) is 2.73. The van der Waals surface area contributed by atoms with E-state index in [1.807, 2.05) is 17.7 Å². The van der Waals surface area contributed by atoms with E-state index in [1.54, 1.807) is 6.20 Å². The third-order valence-electron chi connectivity index (χ3n) is 2.58. The summed E-state index contributed by atoms with van der Waals surface area (Å²) in [5.74, 6) is -0.00114. The van der Waals surface area contributed by atoms with Crippen molar-refractivity contribution in [2.24, 2.45) is 0 Å². The Morgan fingerprint density at radius 1 is 1.71 bits per heavy atom. The number of carboxylic acids is 1. The summed E-state index contributed by atoms with van der Waals surface area (Å²) >= 11 is 0. The molecule has 1 aromatic heterocycles. The predicted molar refractivity (Wildman–Crippen MR) is 61.5 cm³/mol. The minimum atomic E-state index is -0.860. The smallest absolute Gasteiger partial charge is 0.303 e. The van der Waals surface area contributed by atoms with Crippen LogP contribution in [0.5, 0.6) is 0 Å². The number of nitrogens with one attached hydrogen (secondary N) is 1. The third-order valence-corrected chi connectivity index (χ3v) is 2.58. The lowest BCUT2D eigenvalue weighted by atomic mass is 10.1. The van der Waals surface area contributed by atoms with E-state index in [1.165, 1.54) is 0 Å². The fraction of sp³-hybridized carbons (Fsp3) is 0.545. The number of carbonyl (C=O) groups excluding carboxylic acids is 1.